The average molecular weight is 278 g/mol. The summed E-state index contributed by atoms with van der Waals surface area (Å²) in [4.78, 5) is 2.41. The highest BCUT2D eigenvalue weighted by molar-refractivity contribution is 5.76. The molecule has 2 atom stereocenters. The molecule has 0 aliphatic carbocycles. The first-order valence-electron chi connectivity index (χ1n) is 7.12. The second kappa shape index (κ2) is 5.40. The molecule has 1 saturated heterocycles. The van der Waals surface area contributed by atoms with Crippen LogP contribution in [0.15, 0.2) is 12.1 Å². The van der Waals surface area contributed by atoms with Crippen LogP contribution >= 0.6 is 0 Å². The summed E-state index contributed by atoms with van der Waals surface area (Å²) in [6, 6.07) is 4.52. The Morgan fingerprint density at radius 3 is 2.70 bits per heavy atom. The SMILES string of the molecule is CCN1c2cc(OC)c(OC)cc2NCC2COCC21. The van der Waals surface area contributed by atoms with Crippen molar-refractivity contribution in [2.75, 3.05) is 50.7 Å². The highest BCUT2D eigenvalue weighted by Crippen LogP contribution is 2.42. The fourth-order valence-electron chi connectivity index (χ4n) is 3.20. The van der Waals surface area contributed by atoms with Gasteiger partial charge in [0.1, 0.15) is 0 Å². The number of likely N-dealkylation sites (N-methyl/N-ethyl adjacent to an activating group) is 1. The van der Waals surface area contributed by atoms with Crippen LogP contribution in [0.25, 0.3) is 0 Å². The van der Waals surface area contributed by atoms with Crippen molar-refractivity contribution in [1.82, 2.24) is 0 Å². The van der Waals surface area contributed by atoms with E-state index < -0.39 is 0 Å². The third-order valence-corrected chi connectivity index (χ3v) is 4.27. The fourth-order valence-corrected chi connectivity index (χ4v) is 3.20. The molecule has 0 spiro atoms. The van der Waals surface area contributed by atoms with E-state index >= 15 is 0 Å². The standard InChI is InChI=1S/C15H22N2O3/c1-4-17-12-6-15(19-3)14(18-2)5-11(12)16-7-10-8-20-9-13(10)17/h5-6,10,13,16H,4,7-9H2,1-3H3. The van der Waals surface area contributed by atoms with E-state index in [1.807, 2.05) is 6.07 Å². The number of anilines is 2. The summed E-state index contributed by atoms with van der Waals surface area (Å²) >= 11 is 0. The Morgan fingerprint density at radius 2 is 2.00 bits per heavy atom. The van der Waals surface area contributed by atoms with E-state index in [0.717, 1.165) is 43.5 Å². The van der Waals surface area contributed by atoms with Gasteiger partial charge in [0.05, 0.1) is 44.8 Å². The van der Waals surface area contributed by atoms with Crippen molar-refractivity contribution in [2.24, 2.45) is 5.92 Å². The van der Waals surface area contributed by atoms with Crippen molar-refractivity contribution < 1.29 is 14.2 Å². The monoisotopic (exact) mass is 278 g/mol. The molecule has 0 bridgehead atoms. The maximum Gasteiger partial charge on any atom is 0.162 e. The molecule has 1 aromatic carbocycles. The van der Waals surface area contributed by atoms with E-state index in [-0.39, 0.29) is 0 Å². The van der Waals surface area contributed by atoms with E-state index in [2.05, 4.69) is 23.2 Å². The summed E-state index contributed by atoms with van der Waals surface area (Å²) in [6.45, 7) is 5.70. The highest BCUT2D eigenvalue weighted by atomic mass is 16.5. The first kappa shape index (κ1) is 13.4. The molecule has 1 fully saturated rings. The maximum atomic E-state index is 5.66. The summed E-state index contributed by atoms with van der Waals surface area (Å²) in [7, 11) is 3.34. The Hall–Kier alpha value is -1.62. The minimum atomic E-state index is 0.437. The molecule has 110 valence electrons. The molecule has 5 nitrogen and oxygen atoms in total. The second-order valence-corrected chi connectivity index (χ2v) is 5.26. The van der Waals surface area contributed by atoms with Crippen molar-refractivity contribution >= 4 is 11.4 Å². The molecule has 2 heterocycles. The summed E-state index contributed by atoms with van der Waals surface area (Å²) in [6.07, 6.45) is 0. The van der Waals surface area contributed by atoms with Gasteiger partial charge in [-0.25, -0.2) is 0 Å². The van der Waals surface area contributed by atoms with Crippen LogP contribution in [0.4, 0.5) is 11.4 Å². The van der Waals surface area contributed by atoms with Gasteiger partial charge in [-0.3, -0.25) is 0 Å². The van der Waals surface area contributed by atoms with Gasteiger partial charge < -0.3 is 24.4 Å². The van der Waals surface area contributed by atoms with Crippen LogP contribution in [0.1, 0.15) is 6.92 Å². The molecule has 3 rings (SSSR count). The van der Waals surface area contributed by atoms with Gasteiger partial charge in [-0.2, -0.15) is 0 Å². The van der Waals surface area contributed by atoms with Crippen molar-refractivity contribution in [2.45, 2.75) is 13.0 Å². The third-order valence-electron chi connectivity index (χ3n) is 4.27. The third kappa shape index (κ3) is 2.06. The molecule has 1 aromatic rings. The maximum absolute atomic E-state index is 5.66. The number of hydrogen-bond donors (Lipinski definition) is 1. The minimum absolute atomic E-state index is 0.437. The zero-order valence-electron chi connectivity index (χ0n) is 12.3. The molecule has 0 saturated carbocycles. The number of fused-ring (bicyclic) bond motifs is 2. The Bertz CT molecular complexity index is 492. The van der Waals surface area contributed by atoms with E-state index in [1.54, 1.807) is 14.2 Å². The van der Waals surface area contributed by atoms with Crippen molar-refractivity contribution in [3.8, 4) is 11.5 Å². The number of hydrogen-bond acceptors (Lipinski definition) is 5. The van der Waals surface area contributed by atoms with Crippen LogP contribution in [-0.2, 0) is 4.74 Å². The van der Waals surface area contributed by atoms with Crippen LogP contribution in [0.3, 0.4) is 0 Å². The number of nitrogens with zero attached hydrogens (tertiary/aromatic N) is 1. The lowest BCUT2D eigenvalue weighted by Gasteiger charge is -2.31. The van der Waals surface area contributed by atoms with Gasteiger partial charge in [-0.05, 0) is 6.92 Å². The Labute approximate surface area is 119 Å². The van der Waals surface area contributed by atoms with Crippen LogP contribution < -0.4 is 19.7 Å². The molecule has 2 aliphatic rings. The number of ether oxygens (including phenoxy) is 3. The summed E-state index contributed by atoms with van der Waals surface area (Å²) < 4.78 is 16.5. The van der Waals surface area contributed by atoms with E-state index in [1.165, 1.54) is 5.69 Å². The lowest BCUT2D eigenvalue weighted by molar-refractivity contribution is 0.185. The van der Waals surface area contributed by atoms with Gasteiger partial charge >= 0.3 is 0 Å². The molecule has 2 unspecified atom stereocenters. The van der Waals surface area contributed by atoms with Gasteiger partial charge in [-0.15, -0.1) is 0 Å². The zero-order chi connectivity index (χ0) is 14.1. The zero-order valence-corrected chi connectivity index (χ0v) is 12.3. The molecule has 0 aromatic heterocycles. The fraction of sp³-hybridized carbons (Fsp3) is 0.600. The smallest absolute Gasteiger partial charge is 0.162 e. The lowest BCUT2D eigenvalue weighted by Crippen LogP contribution is -2.40. The number of methoxy groups -OCH3 is 2. The summed E-state index contributed by atoms with van der Waals surface area (Å²) in [5.41, 5.74) is 2.28. The van der Waals surface area contributed by atoms with Crippen LogP contribution in [0.2, 0.25) is 0 Å². The van der Waals surface area contributed by atoms with E-state index in [9.17, 15) is 0 Å². The Balaban J connectivity index is 2.06. The van der Waals surface area contributed by atoms with E-state index in [0.29, 0.717) is 12.0 Å². The van der Waals surface area contributed by atoms with Gasteiger partial charge in [0.25, 0.3) is 0 Å². The van der Waals surface area contributed by atoms with Gasteiger partial charge in [0.15, 0.2) is 11.5 Å². The van der Waals surface area contributed by atoms with Gasteiger partial charge in [0, 0.05) is 31.1 Å². The number of nitrogens with one attached hydrogen (secondary N) is 1. The normalized spacial score (nSPS) is 24.4. The number of rotatable bonds is 3. The van der Waals surface area contributed by atoms with Crippen molar-refractivity contribution in [1.29, 1.82) is 0 Å². The minimum Gasteiger partial charge on any atom is -0.493 e. The van der Waals surface area contributed by atoms with E-state index in [4.69, 9.17) is 14.2 Å². The largest absolute Gasteiger partial charge is 0.493 e. The first-order valence-corrected chi connectivity index (χ1v) is 7.12. The van der Waals surface area contributed by atoms with Crippen LogP contribution in [0, 0.1) is 5.92 Å². The molecule has 0 amide bonds. The van der Waals surface area contributed by atoms with Gasteiger partial charge in [-0.1, -0.05) is 0 Å². The number of benzene rings is 1. The quantitative estimate of drug-likeness (QED) is 0.915. The summed E-state index contributed by atoms with van der Waals surface area (Å²) in [5, 5.41) is 3.53. The van der Waals surface area contributed by atoms with Crippen molar-refractivity contribution in [3.05, 3.63) is 12.1 Å². The molecule has 1 N–H and O–H groups in total. The van der Waals surface area contributed by atoms with Crippen LogP contribution in [-0.4, -0.2) is 46.6 Å². The lowest BCUT2D eigenvalue weighted by atomic mass is 10.0. The first-order chi connectivity index (χ1) is 9.78. The Kier molecular flexibility index (Phi) is 3.61. The van der Waals surface area contributed by atoms with Gasteiger partial charge in [0.2, 0.25) is 0 Å². The molecular weight excluding hydrogens is 256 g/mol. The topological polar surface area (TPSA) is 43.0 Å². The summed E-state index contributed by atoms with van der Waals surface area (Å²) in [5.74, 6) is 2.06. The second-order valence-electron chi connectivity index (χ2n) is 5.26. The average Bonchev–Trinajstić information content (AvgIpc) is 2.89. The molecule has 5 heteroatoms. The molecule has 20 heavy (non-hydrogen) atoms. The Morgan fingerprint density at radius 1 is 1.25 bits per heavy atom. The highest BCUT2D eigenvalue weighted by Gasteiger charge is 2.36. The molecule has 0 radical (unpaired) electrons. The molecule has 2 aliphatic heterocycles. The predicted octanol–water partition coefficient (Wildman–Crippen LogP) is 1.97. The molecular formula is C15H22N2O3. The van der Waals surface area contributed by atoms with Crippen LogP contribution in [0.5, 0.6) is 11.5 Å². The van der Waals surface area contributed by atoms with Crippen molar-refractivity contribution in [3.63, 3.8) is 0 Å². The predicted molar refractivity (Wildman–Crippen MR) is 79.2 cm³/mol.